The van der Waals surface area contributed by atoms with Crippen LogP contribution in [0.4, 0.5) is 10.5 Å². The van der Waals surface area contributed by atoms with Crippen LogP contribution in [0.25, 0.3) is 0 Å². The Bertz CT molecular complexity index is 537. The molecular formula is C13H15ClN4O. The first kappa shape index (κ1) is 12.4. The predicted octanol–water partition coefficient (Wildman–Crippen LogP) is 3.27. The van der Waals surface area contributed by atoms with Crippen molar-refractivity contribution in [3.8, 4) is 0 Å². The molecule has 6 heteroatoms. The second-order valence-corrected chi connectivity index (χ2v) is 5.46. The van der Waals surface area contributed by atoms with Gasteiger partial charge in [0.2, 0.25) is 0 Å². The van der Waals surface area contributed by atoms with Gasteiger partial charge in [-0.3, -0.25) is 0 Å². The highest BCUT2D eigenvalue weighted by Crippen LogP contribution is 2.44. The smallest absolute Gasteiger partial charge is 0.314 e. The summed E-state index contributed by atoms with van der Waals surface area (Å²) in [7, 11) is 0. The molecule has 100 valence electrons. The van der Waals surface area contributed by atoms with Crippen molar-refractivity contribution in [1.29, 1.82) is 0 Å². The van der Waals surface area contributed by atoms with Crippen LogP contribution >= 0.6 is 11.6 Å². The quantitative estimate of drug-likeness (QED) is 0.841. The second-order valence-electron chi connectivity index (χ2n) is 5.03. The lowest BCUT2D eigenvalue weighted by atomic mass is 9.86. The summed E-state index contributed by atoms with van der Waals surface area (Å²) in [5.41, 5.74) is 7.30. The molecule has 2 heterocycles. The van der Waals surface area contributed by atoms with Gasteiger partial charge in [-0.2, -0.15) is 10.2 Å². The molecule has 0 aromatic heterocycles. The van der Waals surface area contributed by atoms with Crippen LogP contribution in [0.2, 0.25) is 5.02 Å². The molecule has 2 aliphatic heterocycles. The molecule has 2 aliphatic rings. The van der Waals surface area contributed by atoms with E-state index in [1.807, 2.05) is 18.2 Å². The zero-order valence-electron chi connectivity index (χ0n) is 10.4. The van der Waals surface area contributed by atoms with Gasteiger partial charge in [0.25, 0.3) is 0 Å². The number of hydrogen-bond donors (Lipinski definition) is 1. The van der Waals surface area contributed by atoms with Crippen molar-refractivity contribution >= 4 is 23.3 Å². The number of nitrogens with zero attached hydrogens (tertiary/aromatic N) is 3. The van der Waals surface area contributed by atoms with E-state index in [-0.39, 0.29) is 12.1 Å². The van der Waals surface area contributed by atoms with Crippen molar-refractivity contribution in [2.24, 2.45) is 21.9 Å². The molecule has 2 amide bonds. The van der Waals surface area contributed by atoms with Gasteiger partial charge < -0.3 is 10.6 Å². The Labute approximate surface area is 116 Å². The van der Waals surface area contributed by atoms with Crippen molar-refractivity contribution in [3.05, 3.63) is 28.8 Å². The Kier molecular flexibility index (Phi) is 3.14. The molecule has 2 N–H and O–H groups in total. The van der Waals surface area contributed by atoms with Crippen LogP contribution in [-0.4, -0.2) is 24.0 Å². The number of urea groups is 1. The third kappa shape index (κ3) is 2.30. The average molecular weight is 279 g/mol. The first-order valence-electron chi connectivity index (χ1n) is 6.40. The van der Waals surface area contributed by atoms with Crippen molar-refractivity contribution in [1.82, 2.24) is 4.90 Å². The van der Waals surface area contributed by atoms with Crippen LogP contribution < -0.4 is 5.73 Å². The van der Waals surface area contributed by atoms with Crippen molar-refractivity contribution < 1.29 is 4.79 Å². The summed E-state index contributed by atoms with van der Waals surface area (Å²) in [6.07, 6.45) is 1.82. The Morgan fingerprint density at radius 2 is 2.11 bits per heavy atom. The number of nitrogens with two attached hydrogens (primary N) is 1. The fourth-order valence-electron chi connectivity index (χ4n) is 2.82. The molecule has 1 atom stereocenters. The lowest BCUT2D eigenvalue weighted by molar-refractivity contribution is 0.171. The number of amides is 2. The van der Waals surface area contributed by atoms with E-state index in [0.29, 0.717) is 24.0 Å². The SMILES string of the molecule is NC(=O)N1CCC(C2N=Nc3cc(Cl)ccc32)CC1. The van der Waals surface area contributed by atoms with Crippen molar-refractivity contribution in [2.75, 3.05) is 13.1 Å². The van der Waals surface area contributed by atoms with Crippen LogP contribution in [0.15, 0.2) is 28.4 Å². The van der Waals surface area contributed by atoms with E-state index in [1.165, 1.54) is 0 Å². The standard InChI is InChI=1S/C13H15ClN4O/c14-9-1-2-10-11(7-9)16-17-12(10)8-3-5-18(6-4-8)13(15)19/h1-2,7-8,12H,3-6H2,(H2,15,19). The molecule has 0 radical (unpaired) electrons. The topological polar surface area (TPSA) is 71.1 Å². The van der Waals surface area contributed by atoms with Crippen molar-refractivity contribution in [3.63, 3.8) is 0 Å². The van der Waals surface area contributed by atoms with Gasteiger partial charge in [0, 0.05) is 23.7 Å². The molecule has 1 aromatic rings. The van der Waals surface area contributed by atoms with Gasteiger partial charge >= 0.3 is 6.03 Å². The Balaban J connectivity index is 1.73. The monoisotopic (exact) mass is 278 g/mol. The molecule has 19 heavy (non-hydrogen) atoms. The second kappa shape index (κ2) is 4.81. The van der Waals surface area contributed by atoms with E-state index in [1.54, 1.807) is 4.90 Å². The minimum atomic E-state index is -0.335. The molecule has 0 bridgehead atoms. The van der Waals surface area contributed by atoms with Crippen molar-refractivity contribution in [2.45, 2.75) is 18.9 Å². The van der Waals surface area contributed by atoms with Crippen LogP contribution in [0.1, 0.15) is 24.4 Å². The molecule has 1 aromatic carbocycles. The summed E-state index contributed by atoms with van der Waals surface area (Å²) in [5, 5.41) is 9.26. The average Bonchev–Trinajstić information content (AvgIpc) is 2.81. The number of azo groups is 1. The first-order valence-corrected chi connectivity index (χ1v) is 6.77. The van der Waals surface area contributed by atoms with Gasteiger partial charge in [-0.15, -0.1) is 0 Å². The number of halogens is 1. The summed E-state index contributed by atoms with van der Waals surface area (Å²) in [6, 6.07) is 5.49. The maximum Gasteiger partial charge on any atom is 0.314 e. The number of hydrogen-bond acceptors (Lipinski definition) is 3. The zero-order chi connectivity index (χ0) is 13.4. The molecular weight excluding hydrogens is 264 g/mol. The normalized spacial score (nSPS) is 22.6. The fourth-order valence-corrected chi connectivity index (χ4v) is 2.99. The molecule has 1 saturated heterocycles. The third-order valence-electron chi connectivity index (χ3n) is 3.90. The van der Waals surface area contributed by atoms with E-state index in [9.17, 15) is 4.79 Å². The first-order chi connectivity index (χ1) is 9.15. The molecule has 0 saturated carbocycles. The lowest BCUT2D eigenvalue weighted by Gasteiger charge is -2.32. The van der Waals surface area contributed by atoms with Crippen LogP contribution in [0.3, 0.4) is 0 Å². The molecule has 1 unspecified atom stereocenters. The Morgan fingerprint density at radius 3 is 2.79 bits per heavy atom. The Hall–Kier alpha value is -1.62. The van der Waals surface area contributed by atoms with E-state index in [2.05, 4.69) is 10.2 Å². The molecule has 5 nitrogen and oxygen atoms in total. The number of carbonyl (C=O) groups excluding carboxylic acids is 1. The minimum absolute atomic E-state index is 0.0993. The zero-order valence-corrected chi connectivity index (χ0v) is 11.2. The van der Waals surface area contributed by atoms with E-state index >= 15 is 0 Å². The molecule has 3 rings (SSSR count). The van der Waals surface area contributed by atoms with E-state index in [4.69, 9.17) is 17.3 Å². The number of benzene rings is 1. The van der Waals surface area contributed by atoms with Gasteiger partial charge in [0.05, 0.1) is 5.69 Å². The van der Waals surface area contributed by atoms with Gasteiger partial charge in [-0.05, 0) is 30.9 Å². The third-order valence-corrected chi connectivity index (χ3v) is 4.13. The summed E-state index contributed by atoms with van der Waals surface area (Å²) >= 11 is 5.95. The van der Waals surface area contributed by atoms with Crippen LogP contribution in [0, 0.1) is 5.92 Å². The van der Waals surface area contributed by atoms with Crippen LogP contribution in [-0.2, 0) is 0 Å². The number of piperidine rings is 1. The largest absolute Gasteiger partial charge is 0.351 e. The van der Waals surface area contributed by atoms with Gasteiger partial charge in [0.1, 0.15) is 6.04 Å². The van der Waals surface area contributed by atoms with Gasteiger partial charge in [-0.1, -0.05) is 17.7 Å². The maximum atomic E-state index is 11.1. The number of likely N-dealkylation sites (tertiary alicyclic amines) is 1. The van der Waals surface area contributed by atoms with Crippen LogP contribution in [0.5, 0.6) is 0 Å². The Morgan fingerprint density at radius 1 is 1.37 bits per heavy atom. The number of fused-ring (bicyclic) bond motifs is 1. The number of carbonyl (C=O) groups is 1. The summed E-state index contributed by atoms with van der Waals surface area (Å²) in [4.78, 5) is 12.8. The van der Waals surface area contributed by atoms with Gasteiger partial charge in [0.15, 0.2) is 0 Å². The maximum absolute atomic E-state index is 11.1. The predicted molar refractivity (Wildman–Crippen MR) is 72.6 cm³/mol. The highest BCUT2D eigenvalue weighted by atomic mass is 35.5. The molecule has 0 spiro atoms. The molecule has 1 fully saturated rings. The highest BCUT2D eigenvalue weighted by molar-refractivity contribution is 6.30. The summed E-state index contributed by atoms with van der Waals surface area (Å²) in [6.45, 7) is 1.41. The number of rotatable bonds is 1. The summed E-state index contributed by atoms with van der Waals surface area (Å²) < 4.78 is 0. The number of primary amides is 1. The lowest BCUT2D eigenvalue weighted by Crippen LogP contribution is -2.42. The minimum Gasteiger partial charge on any atom is -0.351 e. The highest BCUT2D eigenvalue weighted by Gasteiger charge is 2.32. The molecule has 0 aliphatic carbocycles. The fraction of sp³-hybridized carbons (Fsp3) is 0.462. The van der Waals surface area contributed by atoms with E-state index < -0.39 is 0 Å². The van der Waals surface area contributed by atoms with Gasteiger partial charge in [-0.25, -0.2) is 4.79 Å². The van der Waals surface area contributed by atoms with E-state index in [0.717, 1.165) is 24.1 Å². The summed E-state index contributed by atoms with van der Waals surface area (Å²) in [5.74, 6) is 0.418.